The summed E-state index contributed by atoms with van der Waals surface area (Å²) in [7, 11) is 0. The minimum Gasteiger partial charge on any atom is -0.487 e. The summed E-state index contributed by atoms with van der Waals surface area (Å²) >= 11 is 0. The molecule has 0 spiro atoms. The Balaban J connectivity index is 1.37. The monoisotopic (exact) mass is 392 g/mol. The van der Waals surface area contributed by atoms with E-state index in [1.54, 1.807) is 0 Å². The number of ether oxygens (including phenoxy) is 1. The quantitative estimate of drug-likeness (QED) is 0.825. The number of fused-ring (bicyclic) bond motifs is 1. The Morgan fingerprint density at radius 1 is 1.14 bits per heavy atom. The number of nitrogens with one attached hydrogen (secondary N) is 1. The first-order valence-corrected chi connectivity index (χ1v) is 10.8. The Labute approximate surface area is 174 Å². The van der Waals surface area contributed by atoms with Gasteiger partial charge in [-0.05, 0) is 58.3 Å². The number of rotatable bonds is 4. The van der Waals surface area contributed by atoms with Gasteiger partial charge in [0.15, 0.2) is 0 Å². The normalized spacial score (nSPS) is 21.8. The molecule has 4 rings (SSSR count). The molecule has 2 aliphatic heterocycles. The zero-order valence-corrected chi connectivity index (χ0v) is 17.8. The SMILES string of the molecule is Cc1ccc2c(c1)C(NC(=O)C1CCN(Cc3ccccc3)CC1)CC(C)(C)O2. The van der Waals surface area contributed by atoms with Crippen molar-refractivity contribution in [1.82, 2.24) is 10.2 Å². The zero-order valence-electron chi connectivity index (χ0n) is 17.8. The van der Waals surface area contributed by atoms with E-state index in [2.05, 4.69) is 73.5 Å². The molecule has 2 aromatic carbocycles. The highest BCUT2D eigenvalue weighted by Gasteiger charge is 2.36. The Morgan fingerprint density at radius 3 is 2.59 bits per heavy atom. The van der Waals surface area contributed by atoms with Gasteiger partial charge in [-0.1, -0.05) is 48.0 Å². The molecule has 0 saturated carbocycles. The second kappa shape index (κ2) is 8.19. The molecule has 2 heterocycles. The number of amides is 1. The van der Waals surface area contributed by atoms with E-state index in [9.17, 15) is 4.79 Å². The van der Waals surface area contributed by atoms with Crippen LogP contribution in [0.4, 0.5) is 0 Å². The first-order chi connectivity index (χ1) is 13.9. The topological polar surface area (TPSA) is 41.6 Å². The number of nitrogens with zero attached hydrogens (tertiary/aromatic N) is 1. The van der Waals surface area contributed by atoms with Crippen LogP contribution in [0.3, 0.4) is 0 Å². The summed E-state index contributed by atoms with van der Waals surface area (Å²) in [6.45, 7) is 9.19. The van der Waals surface area contributed by atoms with Crippen LogP contribution in [0, 0.1) is 12.8 Å². The van der Waals surface area contributed by atoms with E-state index in [-0.39, 0.29) is 23.5 Å². The maximum absolute atomic E-state index is 13.1. The maximum Gasteiger partial charge on any atom is 0.223 e. The fraction of sp³-hybridized carbons (Fsp3) is 0.480. The Morgan fingerprint density at radius 2 is 1.86 bits per heavy atom. The molecule has 1 saturated heterocycles. The van der Waals surface area contributed by atoms with Crippen LogP contribution in [-0.2, 0) is 11.3 Å². The number of likely N-dealkylation sites (tertiary alicyclic amines) is 1. The van der Waals surface area contributed by atoms with E-state index in [1.807, 2.05) is 6.07 Å². The van der Waals surface area contributed by atoms with Gasteiger partial charge in [0.1, 0.15) is 11.4 Å². The fourth-order valence-corrected chi connectivity index (χ4v) is 4.59. The van der Waals surface area contributed by atoms with Crippen LogP contribution >= 0.6 is 0 Å². The molecule has 0 aromatic heterocycles. The van der Waals surface area contributed by atoms with Gasteiger partial charge in [0.25, 0.3) is 0 Å². The van der Waals surface area contributed by atoms with Crippen LogP contribution in [0.2, 0.25) is 0 Å². The number of aryl methyl sites for hydroxylation is 1. The molecule has 1 unspecified atom stereocenters. The predicted molar refractivity (Wildman–Crippen MR) is 116 cm³/mol. The molecule has 2 aromatic rings. The lowest BCUT2D eigenvalue weighted by Crippen LogP contribution is -2.45. The van der Waals surface area contributed by atoms with Gasteiger partial charge < -0.3 is 10.1 Å². The second-order valence-electron chi connectivity index (χ2n) is 9.20. The van der Waals surface area contributed by atoms with Gasteiger partial charge in [0.2, 0.25) is 5.91 Å². The summed E-state index contributed by atoms with van der Waals surface area (Å²) in [4.78, 5) is 15.5. The van der Waals surface area contributed by atoms with Crippen LogP contribution in [0.15, 0.2) is 48.5 Å². The smallest absolute Gasteiger partial charge is 0.223 e. The number of hydrogen-bond donors (Lipinski definition) is 1. The lowest BCUT2D eigenvalue weighted by atomic mass is 9.88. The highest BCUT2D eigenvalue weighted by Crippen LogP contribution is 2.40. The Kier molecular flexibility index (Phi) is 5.64. The predicted octanol–water partition coefficient (Wildman–Crippen LogP) is 4.63. The van der Waals surface area contributed by atoms with Gasteiger partial charge in [-0.2, -0.15) is 0 Å². The first-order valence-electron chi connectivity index (χ1n) is 10.8. The minimum atomic E-state index is -0.279. The molecule has 154 valence electrons. The average Bonchev–Trinajstić information content (AvgIpc) is 2.69. The summed E-state index contributed by atoms with van der Waals surface area (Å²) in [5.74, 6) is 1.19. The number of piperidine rings is 1. The molecule has 1 amide bonds. The summed E-state index contributed by atoms with van der Waals surface area (Å²) in [6.07, 6.45) is 2.64. The molecule has 2 aliphatic rings. The molecule has 0 bridgehead atoms. The van der Waals surface area contributed by atoms with Crippen molar-refractivity contribution in [1.29, 1.82) is 0 Å². The van der Waals surface area contributed by atoms with E-state index in [0.717, 1.165) is 50.2 Å². The highest BCUT2D eigenvalue weighted by atomic mass is 16.5. The van der Waals surface area contributed by atoms with Crippen molar-refractivity contribution in [3.8, 4) is 5.75 Å². The van der Waals surface area contributed by atoms with Gasteiger partial charge in [0.05, 0.1) is 6.04 Å². The molecular formula is C25H32N2O2. The zero-order chi connectivity index (χ0) is 20.4. The Hall–Kier alpha value is -2.33. The molecule has 1 fully saturated rings. The molecule has 29 heavy (non-hydrogen) atoms. The lowest BCUT2D eigenvalue weighted by molar-refractivity contribution is -0.127. The number of benzene rings is 2. The molecule has 0 radical (unpaired) electrons. The largest absolute Gasteiger partial charge is 0.487 e. The third-order valence-corrected chi connectivity index (χ3v) is 6.15. The molecule has 4 heteroatoms. The van der Waals surface area contributed by atoms with Crippen molar-refractivity contribution in [3.63, 3.8) is 0 Å². The van der Waals surface area contributed by atoms with Crippen LogP contribution in [0.5, 0.6) is 5.75 Å². The lowest BCUT2D eigenvalue weighted by Gasteiger charge is -2.39. The second-order valence-corrected chi connectivity index (χ2v) is 9.20. The average molecular weight is 393 g/mol. The molecule has 1 N–H and O–H groups in total. The standard InChI is InChI=1S/C25H32N2O2/c1-18-9-10-23-21(15-18)22(16-25(2,3)29-23)26-24(28)20-11-13-27(14-12-20)17-19-7-5-4-6-8-19/h4-10,15,20,22H,11-14,16-17H2,1-3H3,(H,26,28). The summed E-state index contributed by atoms with van der Waals surface area (Å²) in [6, 6.07) is 16.8. The fourth-order valence-electron chi connectivity index (χ4n) is 4.59. The van der Waals surface area contributed by atoms with Gasteiger partial charge in [-0.15, -0.1) is 0 Å². The van der Waals surface area contributed by atoms with E-state index < -0.39 is 0 Å². The van der Waals surface area contributed by atoms with Crippen LogP contribution < -0.4 is 10.1 Å². The van der Waals surface area contributed by atoms with Crippen molar-refractivity contribution in [2.75, 3.05) is 13.1 Å². The van der Waals surface area contributed by atoms with Crippen LogP contribution in [0.25, 0.3) is 0 Å². The third-order valence-electron chi connectivity index (χ3n) is 6.15. The van der Waals surface area contributed by atoms with Crippen molar-refractivity contribution >= 4 is 5.91 Å². The maximum atomic E-state index is 13.1. The highest BCUT2D eigenvalue weighted by molar-refractivity contribution is 5.79. The van der Waals surface area contributed by atoms with E-state index in [1.165, 1.54) is 11.1 Å². The number of carbonyl (C=O) groups is 1. The minimum absolute atomic E-state index is 0.0171. The molecule has 1 atom stereocenters. The van der Waals surface area contributed by atoms with Gasteiger partial charge in [0, 0.05) is 24.4 Å². The van der Waals surface area contributed by atoms with Crippen LogP contribution in [-0.4, -0.2) is 29.5 Å². The molecular weight excluding hydrogens is 360 g/mol. The summed E-state index contributed by atoms with van der Waals surface area (Å²) < 4.78 is 6.14. The van der Waals surface area contributed by atoms with Crippen LogP contribution in [0.1, 0.15) is 55.8 Å². The van der Waals surface area contributed by atoms with Gasteiger partial charge in [-0.3, -0.25) is 9.69 Å². The summed E-state index contributed by atoms with van der Waals surface area (Å²) in [5, 5.41) is 3.35. The Bertz CT molecular complexity index is 854. The van der Waals surface area contributed by atoms with Gasteiger partial charge >= 0.3 is 0 Å². The van der Waals surface area contributed by atoms with E-state index >= 15 is 0 Å². The number of hydrogen-bond acceptors (Lipinski definition) is 3. The first kappa shape index (κ1) is 20.0. The van der Waals surface area contributed by atoms with E-state index in [0.29, 0.717) is 0 Å². The third kappa shape index (κ3) is 4.81. The van der Waals surface area contributed by atoms with Crippen molar-refractivity contribution in [3.05, 3.63) is 65.2 Å². The van der Waals surface area contributed by atoms with Crippen molar-refractivity contribution < 1.29 is 9.53 Å². The van der Waals surface area contributed by atoms with Gasteiger partial charge in [-0.25, -0.2) is 0 Å². The number of carbonyl (C=O) groups excluding carboxylic acids is 1. The van der Waals surface area contributed by atoms with Crippen molar-refractivity contribution in [2.45, 2.75) is 58.2 Å². The summed E-state index contributed by atoms with van der Waals surface area (Å²) in [5.41, 5.74) is 3.37. The molecule has 0 aliphatic carbocycles. The van der Waals surface area contributed by atoms with E-state index in [4.69, 9.17) is 4.74 Å². The van der Waals surface area contributed by atoms with Crippen molar-refractivity contribution in [2.24, 2.45) is 5.92 Å². The molecule has 4 nitrogen and oxygen atoms in total.